The Morgan fingerprint density at radius 2 is 1.91 bits per heavy atom. The van der Waals surface area contributed by atoms with Crippen molar-refractivity contribution >= 4 is 29.3 Å². The van der Waals surface area contributed by atoms with E-state index in [0.717, 1.165) is 17.7 Å². The van der Waals surface area contributed by atoms with E-state index in [1.165, 1.54) is 17.8 Å². The summed E-state index contributed by atoms with van der Waals surface area (Å²) >= 11 is 7.20. The van der Waals surface area contributed by atoms with Gasteiger partial charge in [-0.3, -0.25) is 4.79 Å². The van der Waals surface area contributed by atoms with E-state index < -0.39 is 11.6 Å². The molecule has 0 aliphatic carbocycles. The quantitative estimate of drug-likeness (QED) is 0.854. The number of hydrogen-bond donors (Lipinski definition) is 1. The van der Waals surface area contributed by atoms with Crippen molar-refractivity contribution in [1.82, 2.24) is 5.32 Å². The predicted molar refractivity (Wildman–Crippen MR) is 85.8 cm³/mol. The summed E-state index contributed by atoms with van der Waals surface area (Å²) in [7, 11) is 0. The van der Waals surface area contributed by atoms with Gasteiger partial charge in [-0.15, -0.1) is 11.8 Å². The molecule has 0 saturated carbocycles. The highest BCUT2D eigenvalue weighted by molar-refractivity contribution is 7.99. The lowest BCUT2D eigenvalue weighted by atomic mass is 10.2. The Labute approximate surface area is 136 Å². The van der Waals surface area contributed by atoms with Crippen LogP contribution in [0.25, 0.3) is 0 Å². The van der Waals surface area contributed by atoms with Gasteiger partial charge in [0.15, 0.2) is 11.6 Å². The maximum Gasteiger partial charge on any atom is 0.230 e. The molecule has 0 spiro atoms. The zero-order chi connectivity index (χ0) is 15.9. The van der Waals surface area contributed by atoms with Crippen molar-refractivity contribution in [3.63, 3.8) is 0 Å². The molecule has 0 radical (unpaired) electrons. The molecule has 2 aromatic rings. The summed E-state index contributed by atoms with van der Waals surface area (Å²) in [6.45, 7) is 0.408. The first-order valence-electron chi connectivity index (χ1n) is 6.57. The monoisotopic (exact) mass is 341 g/mol. The molecule has 116 valence electrons. The minimum atomic E-state index is -0.872. The van der Waals surface area contributed by atoms with E-state index >= 15 is 0 Å². The highest BCUT2D eigenvalue weighted by Crippen LogP contribution is 2.15. The summed E-state index contributed by atoms with van der Waals surface area (Å²) in [6, 6.07) is 11.0. The van der Waals surface area contributed by atoms with Gasteiger partial charge in [0.2, 0.25) is 5.91 Å². The van der Waals surface area contributed by atoms with Crippen LogP contribution < -0.4 is 5.32 Å². The van der Waals surface area contributed by atoms with Gasteiger partial charge in [0.25, 0.3) is 0 Å². The van der Waals surface area contributed by atoms with Crippen molar-refractivity contribution in [2.45, 2.75) is 12.3 Å². The second-order valence-corrected chi connectivity index (χ2v) is 6.07. The first-order chi connectivity index (χ1) is 10.5. The van der Waals surface area contributed by atoms with Gasteiger partial charge in [0.05, 0.1) is 5.75 Å². The van der Waals surface area contributed by atoms with Crippen LogP contribution in [0.3, 0.4) is 0 Å². The smallest absolute Gasteiger partial charge is 0.230 e. The van der Waals surface area contributed by atoms with Gasteiger partial charge in [0, 0.05) is 17.3 Å². The Kier molecular flexibility index (Phi) is 6.21. The minimum absolute atomic E-state index is 0.118. The Morgan fingerprint density at radius 3 is 2.64 bits per heavy atom. The number of thioether (sulfide) groups is 1. The van der Waals surface area contributed by atoms with E-state index in [0.29, 0.717) is 22.9 Å². The van der Waals surface area contributed by atoms with Gasteiger partial charge in [-0.2, -0.15) is 0 Å². The molecule has 1 amide bonds. The van der Waals surface area contributed by atoms with Gasteiger partial charge < -0.3 is 5.32 Å². The first kappa shape index (κ1) is 16.8. The van der Waals surface area contributed by atoms with Gasteiger partial charge in [-0.05, 0) is 35.4 Å². The third kappa shape index (κ3) is 5.31. The van der Waals surface area contributed by atoms with Crippen LogP contribution in [0.5, 0.6) is 0 Å². The fraction of sp³-hybridized carbons (Fsp3) is 0.188. The molecule has 0 unspecified atom stereocenters. The van der Waals surface area contributed by atoms with E-state index in [1.807, 2.05) is 12.1 Å². The van der Waals surface area contributed by atoms with Crippen LogP contribution in [0.15, 0.2) is 42.5 Å². The van der Waals surface area contributed by atoms with Crippen molar-refractivity contribution < 1.29 is 13.6 Å². The molecular weight excluding hydrogens is 328 g/mol. The molecule has 0 saturated heterocycles. The first-order valence-corrected chi connectivity index (χ1v) is 8.10. The molecule has 2 nitrogen and oxygen atoms in total. The number of amides is 1. The fourth-order valence-corrected chi connectivity index (χ4v) is 2.81. The normalized spacial score (nSPS) is 10.5. The Balaban J connectivity index is 1.72. The van der Waals surface area contributed by atoms with Crippen LogP contribution >= 0.6 is 23.4 Å². The maximum atomic E-state index is 13.0. The molecule has 0 aromatic heterocycles. The number of carbonyl (C=O) groups is 1. The van der Waals surface area contributed by atoms with Crippen LogP contribution in [-0.2, 0) is 17.1 Å². The standard InChI is InChI=1S/C16H14ClF2NOS/c17-13-3-1-2-11(6-13)8-20-16(21)10-22-9-12-4-5-14(18)15(19)7-12/h1-7H,8-10H2,(H,20,21). The van der Waals surface area contributed by atoms with Gasteiger partial charge in [0.1, 0.15) is 0 Å². The average molecular weight is 342 g/mol. The average Bonchev–Trinajstić information content (AvgIpc) is 2.49. The molecule has 0 fully saturated rings. The molecule has 2 rings (SSSR count). The topological polar surface area (TPSA) is 29.1 Å². The summed E-state index contributed by atoms with van der Waals surface area (Å²) in [6.07, 6.45) is 0. The van der Waals surface area contributed by atoms with Crippen molar-refractivity contribution in [3.05, 3.63) is 70.2 Å². The lowest BCUT2D eigenvalue weighted by Gasteiger charge is -2.06. The maximum absolute atomic E-state index is 13.0. The molecule has 1 N–H and O–H groups in total. The lowest BCUT2D eigenvalue weighted by molar-refractivity contribution is -0.118. The fourth-order valence-electron chi connectivity index (χ4n) is 1.79. The summed E-state index contributed by atoms with van der Waals surface area (Å²) in [5.41, 5.74) is 1.57. The van der Waals surface area contributed by atoms with E-state index in [2.05, 4.69) is 5.32 Å². The highest BCUT2D eigenvalue weighted by atomic mass is 35.5. The molecule has 0 aliphatic rings. The second-order valence-electron chi connectivity index (χ2n) is 4.65. The Bertz CT molecular complexity index is 666. The third-order valence-corrected chi connectivity index (χ3v) is 4.10. The zero-order valence-electron chi connectivity index (χ0n) is 11.6. The molecule has 6 heteroatoms. The van der Waals surface area contributed by atoms with E-state index in [9.17, 15) is 13.6 Å². The molecular formula is C16H14ClF2NOS. The van der Waals surface area contributed by atoms with Crippen molar-refractivity contribution in [2.75, 3.05) is 5.75 Å². The number of rotatable bonds is 6. The third-order valence-electron chi connectivity index (χ3n) is 2.86. The molecule has 22 heavy (non-hydrogen) atoms. The van der Waals surface area contributed by atoms with Crippen LogP contribution in [0, 0.1) is 11.6 Å². The summed E-state index contributed by atoms with van der Waals surface area (Å²) in [4.78, 5) is 11.7. The number of nitrogens with one attached hydrogen (secondary N) is 1. The molecule has 0 atom stereocenters. The van der Waals surface area contributed by atoms with Gasteiger partial charge in [-0.1, -0.05) is 29.8 Å². The van der Waals surface area contributed by atoms with E-state index in [1.54, 1.807) is 12.1 Å². The molecule has 0 aliphatic heterocycles. The lowest BCUT2D eigenvalue weighted by Crippen LogP contribution is -2.24. The number of benzene rings is 2. The van der Waals surface area contributed by atoms with Crippen LogP contribution in [0.2, 0.25) is 5.02 Å². The number of carbonyl (C=O) groups excluding carboxylic acids is 1. The largest absolute Gasteiger partial charge is 0.351 e. The van der Waals surface area contributed by atoms with Crippen molar-refractivity contribution in [2.24, 2.45) is 0 Å². The van der Waals surface area contributed by atoms with Crippen LogP contribution in [0.4, 0.5) is 8.78 Å². The van der Waals surface area contributed by atoms with Gasteiger partial charge in [-0.25, -0.2) is 8.78 Å². The summed E-state index contributed by atoms with van der Waals surface area (Å²) in [5.74, 6) is -1.16. The Hall–Kier alpha value is -1.59. The molecule has 2 aromatic carbocycles. The summed E-state index contributed by atoms with van der Waals surface area (Å²) in [5, 5.41) is 3.40. The highest BCUT2D eigenvalue weighted by Gasteiger charge is 2.05. The Morgan fingerprint density at radius 1 is 1.09 bits per heavy atom. The van der Waals surface area contributed by atoms with Gasteiger partial charge >= 0.3 is 0 Å². The number of hydrogen-bond acceptors (Lipinski definition) is 2. The van der Waals surface area contributed by atoms with Crippen LogP contribution in [-0.4, -0.2) is 11.7 Å². The van der Waals surface area contributed by atoms with Crippen LogP contribution in [0.1, 0.15) is 11.1 Å². The van der Waals surface area contributed by atoms with Crippen molar-refractivity contribution in [1.29, 1.82) is 0 Å². The zero-order valence-corrected chi connectivity index (χ0v) is 13.2. The van der Waals surface area contributed by atoms with E-state index in [4.69, 9.17) is 11.6 Å². The van der Waals surface area contributed by atoms with Crippen molar-refractivity contribution in [3.8, 4) is 0 Å². The SMILES string of the molecule is O=C(CSCc1ccc(F)c(F)c1)NCc1cccc(Cl)c1. The predicted octanol–water partition coefficient (Wildman–Crippen LogP) is 4.17. The molecule has 0 bridgehead atoms. The minimum Gasteiger partial charge on any atom is -0.351 e. The van der Waals surface area contributed by atoms with E-state index in [-0.39, 0.29) is 11.7 Å². The molecule has 0 heterocycles. The number of halogens is 3. The second kappa shape index (κ2) is 8.15. The summed E-state index contributed by atoms with van der Waals surface area (Å²) < 4.78 is 25.8.